The van der Waals surface area contributed by atoms with Crippen LogP contribution in [0.25, 0.3) is 10.9 Å². The van der Waals surface area contributed by atoms with Crippen molar-refractivity contribution in [2.75, 3.05) is 13.6 Å². The maximum atomic E-state index is 8.71. The maximum Gasteiger partial charge on any atom is 0.146 e. The predicted molar refractivity (Wildman–Crippen MR) is 126 cm³/mol. The van der Waals surface area contributed by atoms with Crippen molar-refractivity contribution in [1.82, 2.24) is 9.47 Å². The molecule has 2 nitrogen and oxygen atoms in total. The number of rotatable bonds is 3. The Labute approximate surface area is 178 Å². The zero-order chi connectivity index (χ0) is 21.7. The molecule has 0 bridgehead atoms. The van der Waals surface area contributed by atoms with Crippen molar-refractivity contribution in [3.63, 3.8) is 0 Å². The Morgan fingerprint density at radius 3 is 2.25 bits per heavy atom. The summed E-state index contributed by atoms with van der Waals surface area (Å²) in [5, 5.41) is 1.80. The lowest BCUT2D eigenvalue weighted by atomic mass is 10.0. The van der Waals surface area contributed by atoms with E-state index in [0.717, 1.165) is 35.0 Å². The number of hydrogen-bond donors (Lipinski definition) is 0. The van der Waals surface area contributed by atoms with E-state index in [2.05, 4.69) is 69.5 Å². The highest BCUT2D eigenvalue weighted by molar-refractivity contribution is 6.90. The van der Waals surface area contributed by atoms with Gasteiger partial charge in [0.2, 0.25) is 0 Å². The minimum Gasteiger partial charge on any atom is -0.346 e. The van der Waals surface area contributed by atoms with Gasteiger partial charge in [-0.1, -0.05) is 59.1 Å². The highest BCUT2D eigenvalue weighted by Crippen LogP contribution is 2.41. The zero-order valence-corrected chi connectivity index (χ0v) is 20.4. The SMILES string of the molecule is [2H]C1c2c(n(C)c3c(C#C[Si](C(C)C)(C(C)C)C(C)C)cc(Cl)cc23)CCN1C. The van der Waals surface area contributed by atoms with E-state index in [1.54, 1.807) is 0 Å². The Morgan fingerprint density at radius 1 is 1.07 bits per heavy atom. The molecule has 0 amide bonds. The molecule has 0 saturated carbocycles. The second-order valence-electron chi connectivity index (χ2n) is 9.28. The number of aromatic nitrogens is 1. The van der Waals surface area contributed by atoms with Gasteiger partial charge in [-0.2, -0.15) is 0 Å². The quantitative estimate of drug-likeness (QED) is 0.416. The Bertz CT molecular complexity index is 959. The minimum absolute atomic E-state index is 0.350. The maximum absolute atomic E-state index is 8.71. The summed E-state index contributed by atoms with van der Waals surface area (Å²) < 4.78 is 11.0. The molecule has 152 valence electrons. The molecule has 1 atom stereocenters. The lowest BCUT2D eigenvalue weighted by Crippen LogP contribution is -2.43. The summed E-state index contributed by atoms with van der Waals surface area (Å²) in [6.07, 6.45) is 0.958. The fraction of sp³-hybridized carbons (Fsp3) is 0.583. The highest BCUT2D eigenvalue weighted by atomic mass is 35.5. The van der Waals surface area contributed by atoms with Gasteiger partial charge in [-0.05, 0) is 41.4 Å². The molecule has 1 aliphatic rings. The zero-order valence-electron chi connectivity index (χ0n) is 19.7. The summed E-state index contributed by atoms with van der Waals surface area (Å²) in [6.45, 7) is 14.6. The molecule has 4 heteroatoms. The average molecular weight is 416 g/mol. The van der Waals surface area contributed by atoms with Crippen molar-refractivity contribution in [1.29, 1.82) is 0 Å². The van der Waals surface area contributed by atoms with Gasteiger partial charge in [0, 0.05) is 49.6 Å². The van der Waals surface area contributed by atoms with E-state index in [1.165, 1.54) is 5.69 Å². The van der Waals surface area contributed by atoms with Crippen molar-refractivity contribution < 1.29 is 1.37 Å². The molecule has 0 N–H and O–H groups in total. The molecule has 1 aromatic heterocycles. The Kier molecular flexibility index (Phi) is 5.66. The van der Waals surface area contributed by atoms with Gasteiger partial charge < -0.3 is 9.47 Å². The van der Waals surface area contributed by atoms with E-state index in [0.29, 0.717) is 21.6 Å². The number of aryl methyl sites for hydroxylation is 1. The molecule has 28 heavy (non-hydrogen) atoms. The topological polar surface area (TPSA) is 8.17 Å². The van der Waals surface area contributed by atoms with E-state index in [4.69, 9.17) is 13.0 Å². The summed E-state index contributed by atoms with van der Waals surface area (Å²) in [6, 6.07) is 4.05. The van der Waals surface area contributed by atoms with Crippen LogP contribution in [0.3, 0.4) is 0 Å². The van der Waals surface area contributed by atoms with Crippen molar-refractivity contribution in [2.45, 2.75) is 71.1 Å². The molecule has 1 aliphatic heterocycles. The molecule has 3 rings (SSSR count). The molecule has 0 fully saturated rings. The third-order valence-corrected chi connectivity index (χ3v) is 13.3. The van der Waals surface area contributed by atoms with Crippen LogP contribution in [0.5, 0.6) is 0 Å². The van der Waals surface area contributed by atoms with Gasteiger partial charge in [-0.25, -0.2) is 0 Å². The van der Waals surface area contributed by atoms with E-state index in [1.807, 2.05) is 19.2 Å². The smallest absolute Gasteiger partial charge is 0.146 e. The van der Waals surface area contributed by atoms with Crippen molar-refractivity contribution in [2.24, 2.45) is 7.05 Å². The van der Waals surface area contributed by atoms with Gasteiger partial charge in [0.05, 0.1) is 5.52 Å². The van der Waals surface area contributed by atoms with Crippen LogP contribution in [0.2, 0.25) is 21.6 Å². The van der Waals surface area contributed by atoms with Crippen molar-refractivity contribution in [3.05, 3.63) is 34.0 Å². The molecule has 1 aromatic carbocycles. The van der Waals surface area contributed by atoms with E-state index < -0.39 is 8.07 Å². The van der Waals surface area contributed by atoms with Gasteiger partial charge >= 0.3 is 0 Å². The van der Waals surface area contributed by atoms with Gasteiger partial charge in [-0.3, -0.25) is 0 Å². The van der Waals surface area contributed by atoms with Crippen LogP contribution in [-0.4, -0.2) is 31.1 Å². The first-order valence-electron chi connectivity index (χ1n) is 11.1. The second kappa shape index (κ2) is 7.90. The minimum atomic E-state index is -1.83. The number of fused-ring (bicyclic) bond motifs is 3. The number of benzene rings is 1. The highest BCUT2D eigenvalue weighted by Gasteiger charge is 2.41. The van der Waals surface area contributed by atoms with E-state index in [-0.39, 0.29) is 6.52 Å². The molecular weight excluding hydrogens is 380 g/mol. The molecule has 0 aliphatic carbocycles. The first-order valence-corrected chi connectivity index (χ1v) is 13.1. The lowest BCUT2D eigenvalue weighted by Gasteiger charge is -2.38. The van der Waals surface area contributed by atoms with Crippen LogP contribution >= 0.6 is 11.6 Å². The number of hydrogen-bond acceptors (Lipinski definition) is 1. The van der Waals surface area contributed by atoms with Crippen LogP contribution in [-0.2, 0) is 20.0 Å². The number of nitrogens with zero attached hydrogens (tertiary/aromatic N) is 2. The van der Waals surface area contributed by atoms with Gasteiger partial charge in [0.25, 0.3) is 0 Å². The molecule has 0 saturated heterocycles. The second-order valence-corrected chi connectivity index (χ2v) is 15.3. The molecule has 0 spiro atoms. The fourth-order valence-electron chi connectivity index (χ4n) is 5.35. The summed E-state index contributed by atoms with van der Waals surface area (Å²) in [5.41, 5.74) is 10.1. The first kappa shape index (κ1) is 20.1. The van der Waals surface area contributed by atoms with Crippen LogP contribution in [0.4, 0.5) is 0 Å². The largest absolute Gasteiger partial charge is 0.346 e. The molecule has 2 aromatic rings. The van der Waals surface area contributed by atoms with Gasteiger partial charge in [0.15, 0.2) is 0 Å². The Balaban J connectivity index is 2.28. The van der Waals surface area contributed by atoms with E-state index >= 15 is 0 Å². The van der Waals surface area contributed by atoms with Gasteiger partial charge in [-0.15, -0.1) is 5.54 Å². The molecule has 2 heterocycles. The summed E-state index contributed by atoms with van der Waals surface area (Å²) in [5.74, 6) is 3.62. The Hall–Kier alpha value is -1.21. The predicted octanol–water partition coefficient (Wildman–Crippen LogP) is 6.39. The Morgan fingerprint density at radius 2 is 1.68 bits per heavy atom. The third kappa shape index (κ3) is 3.45. The van der Waals surface area contributed by atoms with E-state index in [9.17, 15) is 0 Å². The monoisotopic (exact) mass is 415 g/mol. The summed E-state index contributed by atoms with van der Waals surface area (Å²) >= 11 is 6.56. The van der Waals surface area contributed by atoms with Crippen LogP contribution in [0.1, 0.15) is 59.7 Å². The summed E-state index contributed by atoms with van der Waals surface area (Å²) in [7, 11) is 2.32. The van der Waals surface area contributed by atoms with Crippen molar-refractivity contribution >= 4 is 30.6 Å². The van der Waals surface area contributed by atoms with Crippen LogP contribution in [0, 0.1) is 11.5 Å². The van der Waals surface area contributed by atoms with Crippen LogP contribution in [0.15, 0.2) is 12.1 Å². The average Bonchev–Trinajstić information content (AvgIpc) is 2.90. The van der Waals surface area contributed by atoms with Crippen molar-refractivity contribution in [3.8, 4) is 11.5 Å². The molecular formula is C24H35ClN2Si. The molecule has 1 unspecified atom stereocenters. The summed E-state index contributed by atoms with van der Waals surface area (Å²) in [4.78, 5) is 2.10. The first-order chi connectivity index (χ1) is 13.5. The molecule has 0 radical (unpaired) electrons. The lowest BCUT2D eigenvalue weighted by molar-refractivity contribution is 0.310. The number of halogens is 1. The normalized spacial score (nSPS) is 18.6. The van der Waals surface area contributed by atoms with Crippen LogP contribution < -0.4 is 0 Å². The fourth-order valence-corrected chi connectivity index (χ4v) is 10.8. The van der Waals surface area contributed by atoms with Gasteiger partial charge in [0.1, 0.15) is 8.07 Å². The third-order valence-electron chi connectivity index (χ3n) is 6.75. The number of likely N-dealkylation sites (N-methyl/N-ethyl adjacent to an activating group) is 1. The standard InChI is InChI=1S/C24H35ClN2Si/c1-16(2)28(17(3)4,18(5)6)12-10-19-13-20(25)14-21-22-15-26(7)11-9-23(22)27(8)24(19)21/h13-14,16-18H,9,11,15H2,1-8H3/i15D.